The molecular formula is C12H16Cl2N2O2. The maximum absolute atomic E-state index is 10.8. The summed E-state index contributed by atoms with van der Waals surface area (Å²) in [5.41, 5.74) is 2.09. The minimum absolute atomic E-state index is 0.142. The van der Waals surface area contributed by atoms with Crippen LogP contribution in [0.3, 0.4) is 0 Å². The molecule has 0 aliphatic heterocycles. The quantitative estimate of drug-likeness (QED) is 0.351. The Labute approximate surface area is 116 Å². The summed E-state index contributed by atoms with van der Waals surface area (Å²) < 4.78 is 5.51. The number of hydrogen-bond acceptors (Lipinski definition) is 3. The molecule has 0 bridgehead atoms. The molecule has 0 aliphatic rings. The van der Waals surface area contributed by atoms with Gasteiger partial charge in [-0.15, -0.1) is 0 Å². The zero-order chi connectivity index (χ0) is 13.4. The molecule has 0 atom stereocenters. The number of carbonyl (C=O) groups excluding carboxylic acids is 1. The number of hydrazine groups is 1. The van der Waals surface area contributed by atoms with Gasteiger partial charge in [-0.2, -0.15) is 0 Å². The third-order valence-corrected chi connectivity index (χ3v) is 2.89. The van der Waals surface area contributed by atoms with Gasteiger partial charge in [0.1, 0.15) is 5.75 Å². The van der Waals surface area contributed by atoms with Crippen LogP contribution >= 0.6 is 23.2 Å². The number of hydrogen-bond donors (Lipinski definition) is 2. The molecule has 0 aliphatic carbocycles. The predicted molar refractivity (Wildman–Crippen MR) is 72.8 cm³/mol. The molecule has 0 aromatic heterocycles. The Morgan fingerprint density at radius 1 is 1.28 bits per heavy atom. The minimum atomic E-state index is -0.142. The predicted octanol–water partition coefficient (Wildman–Crippen LogP) is 2.92. The van der Waals surface area contributed by atoms with Gasteiger partial charge in [0.15, 0.2) is 0 Å². The first-order chi connectivity index (χ1) is 8.63. The zero-order valence-corrected chi connectivity index (χ0v) is 11.4. The van der Waals surface area contributed by atoms with E-state index >= 15 is 0 Å². The number of amides is 1. The standard InChI is InChI=1S/C12H16Cl2N2O2/c13-9-5-6-11(10(14)8-9)18-7-3-1-2-4-12(17)16-15/h5-6,8H,1-4,7,15H2,(H,16,17). The van der Waals surface area contributed by atoms with E-state index in [1.54, 1.807) is 18.2 Å². The van der Waals surface area contributed by atoms with E-state index in [9.17, 15) is 4.79 Å². The van der Waals surface area contributed by atoms with Crippen molar-refractivity contribution in [3.05, 3.63) is 28.2 Å². The van der Waals surface area contributed by atoms with Crippen LogP contribution in [-0.4, -0.2) is 12.5 Å². The number of nitrogens with one attached hydrogen (secondary N) is 1. The van der Waals surface area contributed by atoms with Crippen LogP contribution in [0.25, 0.3) is 0 Å². The third-order valence-electron chi connectivity index (χ3n) is 2.36. The third kappa shape index (κ3) is 5.58. The first kappa shape index (κ1) is 15.1. The Morgan fingerprint density at radius 2 is 2.06 bits per heavy atom. The fourth-order valence-electron chi connectivity index (χ4n) is 1.41. The minimum Gasteiger partial charge on any atom is -0.492 e. The summed E-state index contributed by atoms with van der Waals surface area (Å²) in [4.78, 5) is 10.8. The number of unbranched alkanes of at least 4 members (excludes halogenated alkanes) is 2. The van der Waals surface area contributed by atoms with Crippen molar-refractivity contribution >= 4 is 29.1 Å². The van der Waals surface area contributed by atoms with Gasteiger partial charge in [0, 0.05) is 11.4 Å². The van der Waals surface area contributed by atoms with E-state index in [2.05, 4.69) is 5.43 Å². The highest BCUT2D eigenvalue weighted by Crippen LogP contribution is 2.27. The number of rotatable bonds is 7. The molecule has 1 amide bonds. The first-order valence-corrected chi connectivity index (χ1v) is 6.46. The van der Waals surface area contributed by atoms with E-state index in [0.717, 1.165) is 19.3 Å². The Balaban J connectivity index is 2.16. The largest absolute Gasteiger partial charge is 0.492 e. The SMILES string of the molecule is NNC(=O)CCCCCOc1ccc(Cl)cc1Cl. The Morgan fingerprint density at radius 3 is 2.72 bits per heavy atom. The van der Waals surface area contributed by atoms with Crippen LogP contribution in [0.1, 0.15) is 25.7 Å². The topological polar surface area (TPSA) is 64.3 Å². The monoisotopic (exact) mass is 290 g/mol. The van der Waals surface area contributed by atoms with Crippen LogP contribution in [-0.2, 0) is 4.79 Å². The summed E-state index contributed by atoms with van der Waals surface area (Å²) in [5.74, 6) is 5.45. The smallest absolute Gasteiger partial charge is 0.233 e. The maximum atomic E-state index is 10.8. The van der Waals surface area contributed by atoms with E-state index in [1.165, 1.54) is 0 Å². The molecule has 0 fully saturated rings. The van der Waals surface area contributed by atoms with Crippen molar-refractivity contribution < 1.29 is 9.53 Å². The molecule has 0 heterocycles. The van der Waals surface area contributed by atoms with E-state index in [-0.39, 0.29) is 5.91 Å². The summed E-state index contributed by atoms with van der Waals surface area (Å²) in [5, 5.41) is 1.09. The van der Waals surface area contributed by atoms with Gasteiger partial charge < -0.3 is 4.74 Å². The fraction of sp³-hybridized carbons (Fsp3) is 0.417. The summed E-state index contributed by atoms with van der Waals surface area (Å²) in [6, 6.07) is 5.12. The van der Waals surface area contributed by atoms with Gasteiger partial charge >= 0.3 is 0 Å². The van der Waals surface area contributed by atoms with Crippen molar-refractivity contribution in [2.75, 3.05) is 6.61 Å². The summed E-state index contributed by atoms with van der Waals surface area (Å²) in [6.07, 6.45) is 2.99. The van der Waals surface area contributed by atoms with Gasteiger partial charge in [0.2, 0.25) is 5.91 Å². The van der Waals surface area contributed by atoms with Crippen LogP contribution in [0.2, 0.25) is 10.0 Å². The molecule has 0 saturated carbocycles. The number of halogens is 2. The molecule has 1 rings (SSSR count). The molecule has 1 aromatic carbocycles. The zero-order valence-electron chi connectivity index (χ0n) is 9.92. The lowest BCUT2D eigenvalue weighted by Crippen LogP contribution is -2.29. The Bertz CT molecular complexity index is 400. The summed E-state index contributed by atoms with van der Waals surface area (Å²) in [6.45, 7) is 0.561. The molecular weight excluding hydrogens is 275 g/mol. The molecule has 0 radical (unpaired) electrons. The molecule has 100 valence electrons. The Hall–Kier alpha value is -0.970. The molecule has 4 nitrogen and oxygen atoms in total. The highest BCUT2D eigenvalue weighted by molar-refractivity contribution is 6.35. The molecule has 6 heteroatoms. The van der Waals surface area contributed by atoms with Crippen molar-refractivity contribution in [3.8, 4) is 5.75 Å². The average Bonchev–Trinajstić information content (AvgIpc) is 2.35. The fourth-order valence-corrected chi connectivity index (χ4v) is 1.87. The van der Waals surface area contributed by atoms with Gasteiger partial charge in [-0.05, 0) is 37.5 Å². The second-order valence-electron chi connectivity index (χ2n) is 3.80. The number of benzene rings is 1. The van der Waals surface area contributed by atoms with Gasteiger partial charge in [-0.1, -0.05) is 23.2 Å². The molecule has 0 spiro atoms. The van der Waals surface area contributed by atoms with Crippen LogP contribution < -0.4 is 16.0 Å². The van der Waals surface area contributed by atoms with Crippen LogP contribution in [0.15, 0.2) is 18.2 Å². The lowest BCUT2D eigenvalue weighted by atomic mass is 10.2. The molecule has 0 saturated heterocycles. The van der Waals surface area contributed by atoms with Gasteiger partial charge in [0.25, 0.3) is 0 Å². The molecule has 1 aromatic rings. The first-order valence-electron chi connectivity index (χ1n) is 5.71. The number of carbonyl (C=O) groups is 1. The van der Waals surface area contributed by atoms with E-state index in [0.29, 0.717) is 28.8 Å². The van der Waals surface area contributed by atoms with Crippen molar-refractivity contribution in [1.82, 2.24) is 5.43 Å². The second-order valence-corrected chi connectivity index (χ2v) is 4.65. The Kier molecular flexibility index (Phi) is 6.86. The van der Waals surface area contributed by atoms with E-state index < -0.39 is 0 Å². The maximum Gasteiger partial charge on any atom is 0.233 e. The van der Waals surface area contributed by atoms with Crippen molar-refractivity contribution in [2.45, 2.75) is 25.7 Å². The number of ether oxygens (including phenoxy) is 1. The average molecular weight is 291 g/mol. The second kappa shape index (κ2) is 8.19. The van der Waals surface area contributed by atoms with Crippen LogP contribution in [0.4, 0.5) is 0 Å². The lowest BCUT2D eigenvalue weighted by Gasteiger charge is -2.07. The van der Waals surface area contributed by atoms with Gasteiger partial charge in [0.05, 0.1) is 11.6 Å². The van der Waals surface area contributed by atoms with Crippen molar-refractivity contribution in [3.63, 3.8) is 0 Å². The van der Waals surface area contributed by atoms with Gasteiger partial charge in [-0.3, -0.25) is 10.2 Å². The van der Waals surface area contributed by atoms with Crippen LogP contribution in [0.5, 0.6) is 5.75 Å². The molecule has 3 N–H and O–H groups in total. The number of nitrogens with two attached hydrogens (primary N) is 1. The lowest BCUT2D eigenvalue weighted by molar-refractivity contribution is -0.121. The highest BCUT2D eigenvalue weighted by atomic mass is 35.5. The van der Waals surface area contributed by atoms with Crippen molar-refractivity contribution in [1.29, 1.82) is 0 Å². The summed E-state index contributed by atoms with van der Waals surface area (Å²) in [7, 11) is 0. The normalized spacial score (nSPS) is 10.2. The molecule has 0 unspecified atom stereocenters. The summed E-state index contributed by atoms with van der Waals surface area (Å²) >= 11 is 11.7. The van der Waals surface area contributed by atoms with Crippen LogP contribution in [0, 0.1) is 0 Å². The van der Waals surface area contributed by atoms with E-state index in [4.69, 9.17) is 33.8 Å². The van der Waals surface area contributed by atoms with Gasteiger partial charge in [-0.25, -0.2) is 5.84 Å². The highest BCUT2D eigenvalue weighted by Gasteiger charge is 2.02. The molecule has 18 heavy (non-hydrogen) atoms. The van der Waals surface area contributed by atoms with Crippen molar-refractivity contribution in [2.24, 2.45) is 5.84 Å². The van der Waals surface area contributed by atoms with E-state index in [1.807, 2.05) is 0 Å².